The van der Waals surface area contributed by atoms with E-state index in [4.69, 9.17) is 0 Å². The zero-order valence-corrected chi connectivity index (χ0v) is 8.54. The Morgan fingerprint density at radius 2 is 2.44 bits per heavy atom. The molecule has 0 saturated heterocycles. The number of nitrogens with one attached hydrogen (secondary N) is 2. The van der Waals surface area contributed by atoms with E-state index in [1.54, 1.807) is 17.1 Å². The quantitative estimate of drug-likeness (QED) is 0.599. The molecule has 0 aliphatic rings. The van der Waals surface area contributed by atoms with Gasteiger partial charge in [0.25, 0.3) is 0 Å². The Labute approximate surface area is 90.4 Å². The first-order chi connectivity index (χ1) is 7.70. The van der Waals surface area contributed by atoms with Crippen LogP contribution in [0.25, 0.3) is 0 Å². The van der Waals surface area contributed by atoms with E-state index in [0.29, 0.717) is 11.4 Å². The zero-order valence-electron chi connectivity index (χ0n) is 8.54. The van der Waals surface area contributed by atoms with Crippen LogP contribution in [0.2, 0.25) is 0 Å². The smallest absolute Gasteiger partial charge is 0.358 e. The molecule has 0 saturated carbocycles. The van der Waals surface area contributed by atoms with Crippen molar-refractivity contribution in [1.82, 2.24) is 20.0 Å². The summed E-state index contributed by atoms with van der Waals surface area (Å²) in [5.41, 5.74) is 1.01. The Hall–Kier alpha value is -2.38. The molecule has 16 heavy (non-hydrogen) atoms. The van der Waals surface area contributed by atoms with Gasteiger partial charge in [-0.15, -0.1) is 5.10 Å². The lowest BCUT2D eigenvalue weighted by molar-refractivity contribution is -0.388. The Balaban J connectivity index is 2.20. The molecular formula is C8H10N6O2. The maximum Gasteiger partial charge on any atom is 0.366 e. The number of aromatic nitrogens is 4. The molecule has 2 aromatic heterocycles. The van der Waals surface area contributed by atoms with Crippen molar-refractivity contribution in [2.24, 2.45) is 0 Å². The molecule has 0 unspecified atom stereocenters. The van der Waals surface area contributed by atoms with Gasteiger partial charge in [0.05, 0.1) is 11.9 Å². The summed E-state index contributed by atoms with van der Waals surface area (Å²) >= 11 is 0. The van der Waals surface area contributed by atoms with E-state index in [9.17, 15) is 10.1 Å². The lowest BCUT2D eigenvalue weighted by Crippen LogP contribution is -1.95. The predicted octanol–water partition coefficient (Wildman–Crippen LogP) is 1.28. The second kappa shape index (κ2) is 4.01. The number of nitro groups is 1. The molecule has 0 spiro atoms. The molecule has 0 aromatic carbocycles. The van der Waals surface area contributed by atoms with Crippen LogP contribution in [0.1, 0.15) is 6.92 Å². The Bertz CT molecular complexity index is 502. The summed E-state index contributed by atoms with van der Waals surface area (Å²) < 4.78 is 1.72. The average Bonchev–Trinajstić information content (AvgIpc) is 2.87. The van der Waals surface area contributed by atoms with Crippen molar-refractivity contribution < 1.29 is 4.92 Å². The first-order valence-corrected chi connectivity index (χ1v) is 4.68. The van der Waals surface area contributed by atoms with Gasteiger partial charge in [-0.2, -0.15) is 5.10 Å². The van der Waals surface area contributed by atoms with Crippen LogP contribution < -0.4 is 5.32 Å². The molecule has 0 fully saturated rings. The van der Waals surface area contributed by atoms with E-state index in [1.165, 1.54) is 6.20 Å². The third kappa shape index (κ3) is 1.85. The molecule has 0 bridgehead atoms. The minimum atomic E-state index is -0.528. The summed E-state index contributed by atoms with van der Waals surface area (Å²) in [4.78, 5) is 10.1. The third-order valence-corrected chi connectivity index (χ3v) is 2.04. The van der Waals surface area contributed by atoms with E-state index in [-0.39, 0.29) is 5.82 Å². The van der Waals surface area contributed by atoms with Crippen LogP contribution in [-0.2, 0) is 6.54 Å². The van der Waals surface area contributed by atoms with E-state index < -0.39 is 4.92 Å². The maximum atomic E-state index is 10.6. The van der Waals surface area contributed by atoms with Crippen molar-refractivity contribution in [3.63, 3.8) is 0 Å². The Morgan fingerprint density at radius 1 is 1.62 bits per heavy atom. The van der Waals surface area contributed by atoms with Gasteiger partial charge in [-0.25, -0.2) is 0 Å². The molecule has 2 aromatic rings. The van der Waals surface area contributed by atoms with E-state index in [0.717, 1.165) is 6.54 Å². The van der Waals surface area contributed by atoms with Gasteiger partial charge in [-0.1, -0.05) is 5.10 Å². The number of H-pyrrole nitrogens is 1. The summed E-state index contributed by atoms with van der Waals surface area (Å²) in [6, 6.07) is 0. The van der Waals surface area contributed by atoms with Crippen molar-refractivity contribution in [3.05, 3.63) is 28.7 Å². The summed E-state index contributed by atoms with van der Waals surface area (Å²) in [5.74, 6) is -0.163. The first-order valence-electron chi connectivity index (χ1n) is 4.68. The molecule has 0 radical (unpaired) electrons. The highest BCUT2D eigenvalue weighted by Gasteiger charge is 2.15. The number of hydrogen-bond donors (Lipinski definition) is 2. The summed E-state index contributed by atoms with van der Waals surface area (Å²) in [7, 11) is 0. The van der Waals surface area contributed by atoms with Crippen molar-refractivity contribution in [2.75, 3.05) is 5.32 Å². The molecule has 2 rings (SSSR count). The summed E-state index contributed by atoms with van der Waals surface area (Å²) in [6.45, 7) is 2.70. The normalized spacial score (nSPS) is 10.3. The molecule has 84 valence electrons. The number of anilines is 2. The maximum absolute atomic E-state index is 10.6. The molecular weight excluding hydrogens is 212 g/mol. The minimum Gasteiger partial charge on any atom is -0.358 e. The number of nitrogens with zero attached hydrogens (tertiary/aromatic N) is 4. The standard InChI is InChI=1S/C8H10N6O2/c1-2-13-5-6(3-10-13)11-7-4-9-12-8(7)14(15)16/h3-5,11H,2H2,1H3,(H,9,12). The van der Waals surface area contributed by atoms with E-state index >= 15 is 0 Å². The van der Waals surface area contributed by atoms with Crippen LogP contribution >= 0.6 is 0 Å². The predicted molar refractivity (Wildman–Crippen MR) is 56.4 cm³/mol. The largest absolute Gasteiger partial charge is 0.366 e. The number of rotatable bonds is 4. The third-order valence-electron chi connectivity index (χ3n) is 2.04. The van der Waals surface area contributed by atoms with Crippen LogP contribution in [0, 0.1) is 10.1 Å². The highest BCUT2D eigenvalue weighted by atomic mass is 16.6. The Kier molecular flexibility index (Phi) is 2.54. The van der Waals surface area contributed by atoms with Gasteiger partial charge in [0, 0.05) is 12.7 Å². The zero-order chi connectivity index (χ0) is 11.5. The van der Waals surface area contributed by atoms with Crippen LogP contribution in [0.3, 0.4) is 0 Å². The van der Waals surface area contributed by atoms with Crippen LogP contribution in [0.4, 0.5) is 17.2 Å². The van der Waals surface area contributed by atoms with Gasteiger partial charge in [0.2, 0.25) is 0 Å². The van der Waals surface area contributed by atoms with E-state index in [2.05, 4.69) is 20.6 Å². The summed E-state index contributed by atoms with van der Waals surface area (Å²) in [5, 5.41) is 23.4. The number of hydrogen-bond acceptors (Lipinski definition) is 5. The minimum absolute atomic E-state index is 0.163. The number of aryl methyl sites for hydroxylation is 1. The Morgan fingerprint density at radius 3 is 3.06 bits per heavy atom. The number of aromatic amines is 1. The van der Waals surface area contributed by atoms with Crippen LogP contribution in [-0.4, -0.2) is 24.9 Å². The molecule has 8 nitrogen and oxygen atoms in total. The fourth-order valence-corrected chi connectivity index (χ4v) is 1.27. The van der Waals surface area contributed by atoms with Crippen LogP contribution in [0.5, 0.6) is 0 Å². The molecule has 2 N–H and O–H groups in total. The average molecular weight is 222 g/mol. The van der Waals surface area contributed by atoms with E-state index in [1.807, 2.05) is 6.92 Å². The lowest BCUT2D eigenvalue weighted by atomic mass is 10.4. The fourth-order valence-electron chi connectivity index (χ4n) is 1.27. The van der Waals surface area contributed by atoms with Crippen molar-refractivity contribution >= 4 is 17.2 Å². The molecule has 0 aliphatic carbocycles. The van der Waals surface area contributed by atoms with Crippen molar-refractivity contribution in [3.8, 4) is 0 Å². The second-order valence-electron chi connectivity index (χ2n) is 3.10. The van der Waals surface area contributed by atoms with Crippen molar-refractivity contribution in [2.45, 2.75) is 13.5 Å². The molecule has 0 atom stereocenters. The highest BCUT2D eigenvalue weighted by Crippen LogP contribution is 2.23. The molecule has 2 heterocycles. The second-order valence-corrected chi connectivity index (χ2v) is 3.10. The first kappa shape index (κ1) is 10.1. The van der Waals surface area contributed by atoms with Gasteiger partial charge in [-0.05, 0) is 11.8 Å². The summed E-state index contributed by atoms with van der Waals surface area (Å²) in [6.07, 6.45) is 4.72. The van der Waals surface area contributed by atoms with Gasteiger partial charge in [-0.3, -0.25) is 4.68 Å². The van der Waals surface area contributed by atoms with Gasteiger partial charge in [0.1, 0.15) is 6.20 Å². The highest BCUT2D eigenvalue weighted by molar-refractivity contribution is 5.65. The van der Waals surface area contributed by atoms with Gasteiger partial charge >= 0.3 is 5.82 Å². The fraction of sp³-hybridized carbons (Fsp3) is 0.250. The van der Waals surface area contributed by atoms with Gasteiger partial charge < -0.3 is 15.4 Å². The topological polar surface area (TPSA) is 102 Å². The molecule has 8 heteroatoms. The lowest BCUT2D eigenvalue weighted by Gasteiger charge is -1.99. The SMILES string of the molecule is CCn1cc(Nc2cn[nH]c2[N+](=O)[O-])cn1. The van der Waals surface area contributed by atoms with Gasteiger partial charge in [0.15, 0.2) is 5.69 Å². The van der Waals surface area contributed by atoms with Crippen molar-refractivity contribution in [1.29, 1.82) is 0 Å². The molecule has 0 aliphatic heterocycles. The molecule has 0 amide bonds. The van der Waals surface area contributed by atoms with Crippen LogP contribution in [0.15, 0.2) is 18.6 Å². The monoisotopic (exact) mass is 222 g/mol.